The van der Waals surface area contributed by atoms with Gasteiger partial charge in [0.25, 0.3) is 5.91 Å². The van der Waals surface area contributed by atoms with Gasteiger partial charge in [-0.05, 0) is 52.6 Å². The van der Waals surface area contributed by atoms with Crippen LogP contribution in [-0.4, -0.2) is 61.0 Å². The molecule has 0 unspecified atom stereocenters. The van der Waals surface area contributed by atoms with Crippen molar-refractivity contribution in [2.75, 3.05) is 32.5 Å². The maximum Gasteiger partial charge on any atom is 0.321 e. The predicted molar refractivity (Wildman–Crippen MR) is 96.7 cm³/mol. The van der Waals surface area contributed by atoms with Crippen LogP contribution in [0.4, 0.5) is 10.5 Å². The molecule has 1 fully saturated rings. The number of carbonyl (C=O) groups excluding carboxylic acids is 2. The lowest BCUT2D eigenvalue weighted by Gasteiger charge is -2.21. The number of rotatable bonds is 4. The molecule has 3 amide bonds. The summed E-state index contributed by atoms with van der Waals surface area (Å²) in [5, 5.41) is 6.05. The Bertz CT molecular complexity index is 619. The van der Waals surface area contributed by atoms with Gasteiger partial charge in [0.05, 0.1) is 10.7 Å². The van der Waals surface area contributed by atoms with Crippen molar-refractivity contribution in [1.82, 2.24) is 15.1 Å². The van der Waals surface area contributed by atoms with Gasteiger partial charge in [-0.15, -0.1) is 0 Å². The van der Waals surface area contributed by atoms with Crippen LogP contribution in [0.3, 0.4) is 0 Å². The number of urea groups is 1. The Labute approximate surface area is 148 Å². The van der Waals surface area contributed by atoms with Gasteiger partial charge < -0.3 is 20.4 Å². The van der Waals surface area contributed by atoms with E-state index < -0.39 is 0 Å². The second kappa shape index (κ2) is 7.85. The fourth-order valence-corrected chi connectivity index (χ4v) is 2.81. The van der Waals surface area contributed by atoms with Gasteiger partial charge in [-0.25, -0.2) is 4.79 Å². The fourth-order valence-electron chi connectivity index (χ4n) is 2.65. The summed E-state index contributed by atoms with van der Waals surface area (Å²) in [6.45, 7) is 5.18. The third kappa shape index (κ3) is 4.61. The average molecular weight is 353 g/mol. The van der Waals surface area contributed by atoms with Crippen LogP contribution in [0.5, 0.6) is 0 Å². The number of halogens is 1. The summed E-state index contributed by atoms with van der Waals surface area (Å²) in [5.41, 5.74) is 0.919. The molecule has 1 aliphatic heterocycles. The van der Waals surface area contributed by atoms with Crippen LogP contribution in [-0.2, 0) is 0 Å². The van der Waals surface area contributed by atoms with Crippen LogP contribution in [0.2, 0.25) is 5.02 Å². The Kier molecular flexibility index (Phi) is 6.07. The van der Waals surface area contributed by atoms with E-state index >= 15 is 0 Å². The smallest absolute Gasteiger partial charge is 0.321 e. The van der Waals surface area contributed by atoms with E-state index in [1.807, 2.05) is 27.9 Å². The number of anilines is 1. The SMILES string of the molecule is CC(C)NC(=O)c1ccc(Cl)c(NC(=O)N2CC[C@H](N(C)C)C2)c1. The summed E-state index contributed by atoms with van der Waals surface area (Å²) < 4.78 is 0. The van der Waals surface area contributed by atoms with Gasteiger partial charge in [0.1, 0.15) is 0 Å². The van der Waals surface area contributed by atoms with Crippen LogP contribution in [0, 0.1) is 0 Å². The standard InChI is InChI=1S/C17H25ClN4O2/c1-11(2)19-16(23)12-5-6-14(18)15(9-12)20-17(24)22-8-7-13(10-22)21(3)4/h5-6,9,11,13H,7-8,10H2,1-4H3,(H,19,23)(H,20,24)/t13-/m0/s1. The minimum atomic E-state index is -0.192. The molecule has 0 aliphatic carbocycles. The molecule has 0 saturated carbocycles. The normalized spacial score (nSPS) is 17.5. The maximum absolute atomic E-state index is 12.4. The molecule has 2 rings (SSSR count). The Morgan fingerprint density at radius 3 is 2.62 bits per heavy atom. The summed E-state index contributed by atoms with van der Waals surface area (Å²) >= 11 is 6.16. The predicted octanol–water partition coefficient (Wildman–Crippen LogP) is 2.65. The Morgan fingerprint density at radius 1 is 1.33 bits per heavy atom. The molecule has 6 nitrogen and oxygen atoms in total. The molecule has 2 N–H and O–H groups in total. The molecule has 24 heavy (non-hydrogen) atoms. The van der Waals surface area contributed by atoms with E-state index in [0.29, 0.717) is 35.4 Å². The Morgan fingerprint density at radius 2 is 2.04 bits per heavy atom. The lowest BCUT2D eigenvalue weighted by atomic mass is 10.1. The van der Waals surface area contributed by atoms with Crippen molar-refractivity contribution in [3.63, 3.8) is 0 Å². The van der Waals surface area contributed by atoms with Gasteiger partial charge in [0, 0.05) is 30.7 Å². The van der Waals surface area contributed by atoms with E-state index in [4.69, 9.17) is 11.6 Å². The Hall–Kier alpha value is -1.79. The first-order valence-electron chi connectivity index (χ1n) is 8.10. The van der Waals surface area contributed by atoms with Crippen molar-refractivity contribution in [3.05, 3.63) is 28.8 Å². The molecule has 0 spiro atoms. The highest BCUT2D eigenvalue weighted by Gasteiger charge is 2.27. The van der Waals surface area contributed by atoms with Crippen LogP contribution < -0.4 is 10.6 Å². The van der Waals surface area contributed by atoms with Crippen LogP contribution in [0.15, 0.2) is 18.2 Å². The molecule has 0 bridgehead atoms. The van der Waals surface area contributed by atoms with Gasteiger partial charge in [-0.3, -0.25) is 4.79 Å². The average Bonchev–Trinajstić information content (AvgIpc) is 2.98. The van der Waals surface area contributed by atoms with Gasteiger partial charge >= 0.3 is 6.03 Å². The summed E-state index contributed by atoms with van der Waals surface area (Å²) in [5.74, 6) is -0.189. The zero-order valence-corrected chi connectivity index (χ0v) is 15.4. The first kappa shape index (κ1) is 18.5. The number of likely N-dealkylation sites (tertiary alicyclic amines) is 1. The van der Waals surface area contributed by atoms with Crippen molar-refractivity contribution >= 4 is 29.2 Å². The molecule has 0 radical (unpaired) electrons. The van der Waals surface area contributed by atoms with E-state index in [1.54, 1.807) is 23.1 Å². The number of likely N-dealkylation sites (N-methyl/N-ethyl adjacent to an activating group) is 1. The molecule has 1 aromatic rings. The molecule has 132 valence electrons. The fraction of sp³-hybridized carbons (Fsp3) is 0.529. The summed E-state index contributed by atoms with van der Waals surface area (Å²) in [7, 11) is 4.03. The van der Waals surface area contributed by atoms with Crippen LogP contribution in [0.25, 0.3) is 0 Å². The zero-order valence-electron chi connectivity index (χ0n) is 14.6. The molecule has 1 aromatic carbocycles. The lowest BCUT2D eigenvalue weighted by Crippen LogP contribution is -2.37. The van der Waals surface area contributed by atoms with Crippen LogP contribution >= 0.6 is 11.6 Å². The van der Waals surface area contributed by atoms with Crippen molar-refractivity contribution in [1.29, 1.82) is 0 Å². The first-order chi connectivity index (χ1) is 11.3. The largest absolute Gasteiger partial charge is 0.350 e. The molecule has 1 atom stereocenters. The van der Waals surface area contributed by atoms with Gasteiger partial charge in [0.2, 0.25) is 0 Å². The molecule has 1 aliphatic rings. The number of hydrogen-bond acceptors (Lipinski definition) is 3. The van der Waals surface area contributed by atoms with Crippen molar-refractivity contribution in [2.45, 2.75) is 32.4 Å². The lowest BCUT2D eigenvalue weighted by molar-refractivity contribution is 0.0943. The molecule has 1 heterocycles. The summed E-state index contributed by atoms with van der Waals surface area (Å²) in [6, 6.07) is 5.10. The van der Waals surface area contributed by atoms with Crippen molar-refractivity contribution in [3.8, 4) is 0 Å². The first-order valence-corrected chi connectivity index (χ1v) is 8.48. The number of hydrogen-bond donors (Lipinski definition) is 2. The zero-order chi connectivity index (χ0) is 17.9. The van der Waals surface area contributed by atoms with E-state index in [0.717, 1.165) is 6.42 Å². The summed E-state index contributed by atoms with van der Waals surface area (Å²) in [6.07, 6.45) is 0.949. The van der Waals surface area contributed by atoms with E-state index in [1.165, 1.54) is 0 Å². The van der Waals surface area contributed by atoms with Crippen molar-refractivity contribution in [2.24, 2.45) is 0 Å². The number of nitrogens with one attached hydrogen (secondary N) is 2. The van der Waals surface area contributed by atoms with Crippen LogP contribution in [0.1, 0.15) is 30.6 Å². The number of nitrogens with zero attached hydrogens (tertiary/aromatic N) is 2. The van der Waals surface area contributed by atoms with Gasteiger partial charge in [-0.1, -0.05) is 11.6 Å². The van der Waals surface area contributed by atoms with Crippen molar-refractivity contribution < 1.29 is 9.59 Å². The second-order valence-corrected chi connectivity index (χ2v) is 7.01. The van der Waals surface area contributed by atoms with E-state index in [2.05, 4.69) is 15.5 Å². The van der Waals surface area contributed by atoms with E-state index in [9.17, 15) is 9.59 Å². The minimum absolute atomic E-state index is 0.0405. The monoisotopic (exact) mass is 352 g/mol. The highest BCUT2D eigenvalue weighted by molar-refractivity contribution is 6.33. The quantitative estimate of drug-likeness (QED) is 0.875. The summed E-state index contributed by atoms with van der Waals surface area (Å²) in [4.78, 5) is 28.4. The number of carbonyl (C=O) groups is 2. The molecule has 7 heteroatoms. The highest BCUT2D eigenvalue weighted by Crippen LogP contribution is 2.24. The molecule has 1 saturated heterocycles. The molecular formula is C17H25ClN4O2. The third-order valence-corrected chi connectivity index (χ3v) is 4.40. The topological polar surface area (TPSA) is 64.7 Å². The van der Waals surface area contributed by atoms with Gasteiger partial charge in [-0.2, -0.15) is 0 Å². The third-order valence-electron chi connectivity index (χ3n) is 4.07. The van der Waals surface area contributed by atoms with Gasteiger partial charge in [0.15, 0.2) is 0 Å². The number of amides is 3. The highest BCUT2D eigenvalue weighted by atomic mass is 35.5. The Balaban J connectivity index is 2.06. The maximum atomic E-state index is 12.4. The number of benzene rings is 1. The van der Waals surface area contributed by atoms with E-state index in [-0.39, 0.29) is 18.0 Å². The molecular weight excluding hydrogens is 328 g/mol. The second-order valence-electron chi connectivity index (χ2n) is 6.61. The minimum Gasteiger partial charge on any atom is -0.350 e. The molecule has 0 aromatic heterocycles.